The van der Waals surface area contributed by atoms with Crippen molar-refractivity contribution in [2.45, 2.75) is 77.4 Å². The average molecular weight is 287 g/mol. The van der Waals surface area contributed by atoms with Crippen LogP contribution in [-0.2, 0) is 0 Å². The molecule has 2 atom stereocenters. The van der Waals surface area contributed by atoms with Gasteiger partial charge < -0.3 is 10.5 Å². The molecule has 0 aromatic heterocycles. The van der Waals surface area contributed by atoms with Gasteiger partial charge in [0.2, 0.25) is 0 Å². The number of ether oxygens (including phenoxy) is 1. The van der Waals surface area contributed by atoms with E-state index in [-0.39, 0.29) is 5.41 Å². The lowest BCUT2D eigenvalue weighted by Gasteiger charge is -2.56. The molecule has 1 aromatic carbocycles. The summed E-state index contributed by atoms with van der Waals surface area (Å²) in [6, 6.07) is 6.92. The average Bonchev–Trinajstić information content (AvgIpc) is 2.47. The summed E-state index contributed by atoms with van der Waals surface area (Å²) in [5.41, 5.74) is 9.37. The topological polar surface area (TPSA) is 35.2 Å². The van der Waals surface area contributed by atoms with Gasteiger partial charge in [0, 0.05) is 17.9 Å². The molecule has 2 fully saturated rings. The number of aryl methyl sites for hydroxylation is 1. The van der Waals surface area contributed by atoms with E-state index in [1.54, 1.807) is 0 Å². The van der Waals surface area contributed by atoms with Crippen LogP contribution in [0, 0.1) is 12.3 Å². The van der Waals surface area contributed by atoms with Crippen LogP contribution in [0.5, 0.6) is 5.75 Å². The molecule has 2 N–H and O–H groups in total. The lowest BCUT2D eigenvalue weighted by atomic mass is 9.55. The lowest BCUT2D eigenvalue weighted by molar-refractivity contribution is -0.0898. The van der Waals surface area contributed by atoms with Crippen molar-refractivity contribution in [3.63, 3.8) is 0 Å². The van der Waals surface area contributed by atoms with Gasteiger partial charge in [-0.3, -0.25) is 0 Å². The van der Waals surface area contributed by atoms with E-state index in [1.807, 2.05) is 0 Å². The highest BCUT2D eigenvalue weighted by molar-refractivity contribution is 5.37. The molecule has 0 saturated heterocycles. The fourth-order valence-electron chi connectivity index (χ4n) is 4.38. The molecule has 0 heterocycles. The quantitative estimate of drug-likeness (QED) is 0.885. The minimum absolute atomic E-state index is 0.267. The molecule has 2 aliphatic carbocycles. The zero-order chi connectivity index (χ0) is 15.0. The molecular formula is C19H29NO. The van der Waals surface area contributed by atoms with Gasteiger partial charge in [-0.2, -0.15) is 0 Å². The van der Waals surface area contributed by atoms with Crippen molar-refractivity contribution in [1.29, 1.82) is 0 Å². The third-order valence-electron chi connectivity index (χ3n) is 5.77. The highest BCUT2D eigenvalue weighted by atomic mass is 16.5. The number of hydrogen-bond acceptors (Lipinski definition) is 2. The minimum Gasteiger partial charge on any atom is -0.490 e. The second kappa shape index (κ2) is 5.64. The largest absolute Gasteiger partial charge is 0.490 e. The Kier molecular flexibility index (Phi) is 4.00. The Morgan fingerprint density at radius 2 is 1.90 bits per heavy atom. The Bertz CT molecular complexity index is 502. The molecule has 1 spiro atoms. The molecule has 2 heteroatoms. The van der Waals surface area contributed by atoms with Crippen LogP contribution in [0.1, 0.15) is 69.4 Å². The van der Waals surface area contributed by atoms with Gasteiger partial charge in [-0.25, -0.2) is 0 Å². The fourth-order valence-corrected chi connectivity index (χ4v) is 4.38. The van der Waals surface area contributed by atoms with Crippen LogP contribution in [-0.4, -0.2) is 12.1 Å². The van der Waals surface area contributed by atoms with Crippen LogP contribution in [0.25, 0.3) is 0 Å². The Morgan fingerprint density at radius 3 is 2.48 bits per heavy atom. The van der Waals surface area contributed by atoms with Crippen LogP contribution < -0.4 is 10.5 Å². The van der Waals surface area contributed by atoms with E-state index >= 15 is 0 Å². The third kappa shape index (κ3) is 2.59. The monoisotopic (exact) mass is 287 g/mol. The SMILES string of the molecule is Cc1cc(OC2CC(N)C23CCCCC3)ccc1C(C)C. The highest BCUT2D eigenvalue weighted by Crippen LogP contribution is 2.52. The van der Waals surface area contributed by atoms with Crippen molar-refractivity contribution < 1.29 is 4.74 Å². The van der Waals surface area contributed by atoms with Crippen molar-refractivity contribution in [2.24, 2.45) is 11.1 Å². The summed E-state index contributed by atoms with van der Waals surface area (Å²) in [5, 5.41) is 0. The fraction of sp³-hybridized carbons (Fsp3) is 0.684. The summed E-state index contributed by atoms with van der Waals surface area (Å²) in [5.74, 6) is 1.60. The number of rotatable bonds is 3. The normalized spacial score (nSPS) is 27.7. The van der Waals surface area contributed by atoms with Crippen LogP contribution >= 0.6 is 0 Å². The van der Waals surface area contributed by atoms with E-state index in [0.29, 0.717) is 18.1 Å². The summed E-state index contributed by atoms with van der Waals surface area (Å²) in [4.78, 5) is 0. The predicted octanol–water partition coefficient (Wildman–Crippen LogP) is 4.55. The Morgan fingerprint density at radius 1 is 1.19 bits per heavy atom. The molecule has 2 saturated carbocycles. The van der Waals surface area contributed by atoms with E-state index < -0.39 is 0 Å². The minimum atomic E-state index is 0.267. The second-order valence-electron chi connectivity index (χ2n) is 7.42. The van der Waals surface area contributed by atoms with Crippen LogP contribution in [0.2, 0.25) is 0 Å². The van der Waals surface area contributed by atoms with Crippen molar-refractivity contribution >= 4 is 0 Å². The van der Waals surface area contributed by atoms with Gasteiger partial charge in [0.15, 0.2) is 0 Å². The zero-order valence-electron chi connectivity index (χ0n) is 13.7. The van der Waals surface area contributed by atoms with Gasteiger partial charge >= 0.3 is 0 Å². The highest BCUT2D eigenvalue weighted by Gasteiger charge is 2.54. The molecule has 2 unspecified atom stereocenters. The maximum absolute atomic E-state index is 6.35. The lowest BCUT2D eigenvalue weighted by Crippen LogP contribution is -2.64. The summed E-state index contributed by atoms with van der Waals surface area (Å²) in [6.07, 6.45) is 7.85. The predicted molar refractivity (Wildman–Crippen MR) is 87.8 cm³/mol. The maximum Gasteiger partial charge on any atom is 0.120 e. The van der Waals surface area contributed by atoms with Crippen molar-refractivity contribution in [3.8, 4) is 5.75 Å². The first-order valence-electron chi connectivity index (χ1n) is 8.56. The third-order valence-corrected chi connectivity index (χ3v) is 5.77. The van der Waals surface area contributed by atoms with Crippen molar-refractivity contribution in [3.05, 3.63) is 29.3 Å². The van der Waals surface area contributed by atoms with E-state index in [0.717, 1.165) is 12.2 Å². The van der Waals surface area contributed by atoms with Crippen LogP contribution in [0.3, 0.4) is 0 Å². The first kappa shape index (κ1) is 14.9. The first-order valence-corrected chi connectivity index (χ1v) is 8.56. The molecular weight excluding hydrogens is 258 g/mol. The molecule has 116 valence electrons. The molecule has 0 radical (unpaired) electrons. The Labute approximate surface area is 129 Å². The van der Waals surface area contributed by atoms with E-state index in [9.17, 15) is 0 Å². The number of benzene rings is 1. The van der Waals surface area contributed by atoms with Gasteiger partial charge in [0.25, 0.3) is 0 Å². The van der Waals surface area contributed by atoms with Gasteiger partial charge in [-0.05, 0) is 48.9 Å². The van der Waals surface area contributed by atoms with Gasteiger partial charge in [-0.1, -0.05) is 39.2 Å². The smallest absolute Gasteiger partial charge is 0.120 e. The summed E-state index contributed by atoms with van der Waals surface area (Å²) in [7, 11) is 0. The van der Waals surface area contributed by atoms with Crippen molar-refractivity contribution in [2.75, 3.05) is 0 Å². The molecule has 0 aliphatic heterocycles. The van der Waals surface area contributed by atoms with Crippen LogP contribution in [0.4, 0.5) is 0 Å². The van der Waals surface area contributed by atoms with E-state index in [4.69, 9.17) is 10.5 Å². The molecule has 2 nitrogen and oxygen atoms in total. The molecule has 3 rings (SSSR count). The summed E-state index contributed by atoms with van der Waals surface area (Å²) in [6.45, 7) is 6.67. The molecule has 21 heavy (non-hydrogen) atoms. The molecule has 2 aliphatic rings. The standard InChI is InChI=1S/C19H29NO/c1-13(2)16-8-7-15(11-14(16)3)21-18-12-17(20)19(18)9-5-4-6-10-19/h7-8,11,13,17-18H,4-6,9-10,12,20H2,1-3H3. The molecule has 0 amide bonds. The summed E-state index contributed by atoms with van der Waals surface area (Å²) >= 11 is 0. The van der Waals surface area contributed by atoms with E-state index in [1.165, 1.54) is 43.2 Å². The number of hydrogen-bond donors (Lipinski definition) is 1. The van der Waals surface area contributed by atoms with Crippen molar-refractivity contribution in [1.82, 2.24) is 0 Å². The zero-order valence-corrected chi connectivity index (χ0v) is 13.7. The first-order chi connectivity index (χ1) is 10.0. The molecule has 0 bridgehead atoms. The Hall–Kier alpha value is -1.02. The van der Waals surface area contributed by atoms with Gasteiger partial charge in [0.05, 0.1) is 0 Å². The van der Waals surface area contributed by atoms with Crippen LogP contribution in [0.15, 0.2) is 18.2 Å². The second-order valence-corrected chi connectivity index (χ2v) is 7.42. The molecule has 1 aromatic rings. The number of nitrogens with two attached hydrogens (primary N) is 1. The van der Waals surface area contributed by atoms with E-state index in [2.05, 4.69) is 39.0 Å². The van der Waals surface area contributed by atoms with Gasteiger partial charge in [-0.15, -0.1) is 0 Å². The maximum atomic E-state index is 6.35. The van der Waals surface area contributed by atoms with Gasteiger partial charge in [0.1, 0.15) is 11.9 Å². The summed E-state index contributed by atoms with van der Waals surface area (Å²) < 4.78 is 6.35. The Balaban J connectivity index is 1.73.